The van der Waals surface area contributed by atoms with E-state index in [-0.39, 0.29) is 5.60 Å². The van der Waals surface area contributed by atoms with Crippen LogP contribution in [0.15, 0.2) is 47.4 Å². The van der Waals surface area contributed by atoms with E-state index in [4.69, 9.17) is 4.74 Å². The number of imidazole rings is 1. The summed E-state index contributed by atoms with van der Waals surface area (Å²) in [4.78, 5) is 11.5. The van der Waals surface area contributed by atoms with Gasteiger partial charge in [0, 0.05) is 36.8 Å². The molecule has 0 aliphatic carbocycles. The maximum atomic E-state index is 6.31. The first kappa shape index (κ1) is 15.3. The van der Waals surface area contributed by atoms with Crippen molar-refractivity contribution in [2.75, 3.05) is 13.1 Å². The second-order valence-electron chi connectivity index (χ2n) is 6.91. The number of hydrogen-bond acceptors (Lipinski definition) is 5. The Hall–Kier alpha value is -2.02. The van der Waals surface area contributed by atoms with Crippen LogP contribution in [0.4, 0.5) is 0 Å². The van der Waals surface area contributed by atoms with Crippen LogP contribution in [0.25, 0.3) is 11.3 Å². The van der Waals surface area contributed by atoms with Crippen molar-refractivity contribution in [3.63, 3.8) is 0 Å². The van der Waals surface area contributed by atoms with Crippen LogP contribution in [0, 0.1) is 0 Å². The van der Waals surface area contributed by atoms with Gasteiger partial charge in [-0.25, -0.2) is 4.98 Å². The van der Waals surface area contributed by atoms with Crippen molar-refractivity contribution >= 4 is 11.3 Å². The van der Waals surface area contributed by atoms with Crippen LogP contribution < -0.4 is 0 Å². The Morgan fingerprint density at radius 2 is 2.20 bits per heavy atom. The predicted molar refractivity (Wildman–Crippen MR) is 97.2 cm³/mol. The Morgan fingerprint density at radius 3 is 3.04 bits per heavy atom. The first-order chi connectivity index (χ1) is 12.3. The highest BCUT2D eigenvalue weighted by Crippen LogP contribution is 2.35. The highest BCUT2D eigenvalue weighted by Gasteiger charge is 2.43. The molecule has 0 saturated carbocycles. The Kier molecular flexibility index (Phi) is 3.69. The van der Waals surface area contributed by atoms with Gasteiger partial charge in [0.1, 0.15) is 18.0 Å². The summed E-state index contributed by atoms with van der Waals surface area (Å²) in [5.74, 6) is 1.04. The molecule has 5 heterocycles. The SMILES string of the molecule is c1ccc(CN2CCC3(C2)Cn2c(-c4ccsc4)cnc2CO3)nc1. The van der Waals surface area contributed by atoms with Gasteiger partial charge in [-0.1, -0.05) is 6.07 Å². The standard InChI is InChI=1S/C19H20N4OS/c1-2-6-20-16(3-1)10-22-7-5-19(13-22)14-23-17(15-4-8-25-12-15)9-21-18(23)11-24-19/h1-4,6,8-9,12H,5,7,10-11,13-14H2. The van der Waals surface area contributed by atoms with Crippen LogP contribution in [0.3, 0.4) is 0 Å². The maximum absolute atomic E-state index is 6.31. The molecule has 3 aromatic heterocycles. The van der Waals surface area contributed by atoms with Gasteiger partial charge >= 0.3 is 0 Å². The van der Waals surface area contributed by atoms with Gasteiger partial charge in [0.2, 0.25) is 0 Å². The normalized spacial score (nSPS) is 23.2. The number of pyridine rings is 1. The van der Waals surface area contributed by atoms with Crippen LogP contribution in [-0.2, 0) is 24.4 Å². The van der Waals surface area contributed by atoms with Crippen LogP contribution in [0.1, 0.15) is 17.9 Å². The van der Waals surface area contributed by atoms with E-state index >= 15 is 0 Å². The average molecular weight is 352 g/mol. The third-order valence-corrected chi connectivity index (χ3v) is 5.90. The van der Waals surface area contributed by atoms with Gasteiger partial charge in [0.15, 0.2) is 0 Å². The van der Waals surface area contributed by atoms with E-state index in [1.165, 1.54) is 11.3 Å². The Bertz CT molecular complexity index is 861. The first-order valence-corrected chi connectivity index (χ1v) is 9.59. The van der Waals surface area contributed by atoms with Crippen molar-refractivity contribution in [2.45, 2.75) is 31.7 Å². The lowest BCUT2D eigenvalue weighted by atomic mass is 10.0. The van der Waals surface area contributed by atoms with Gasteiger partial charge in [0.05, 0.1) is 24.1 Å². The van der Waals surface area contributed by atoms with Crippen LogP contribution >= 0.6 is 11.3 Å². The highest BCUT2D eigenvalue weighted by atomic mass is 32.1. The molecule has 1 spiro atoms. The van der Waals surface area contributed by atoms with Crippen molar-refractivity contribution in [1.29, 1.82) is 0 Å². The molecule has 1 saturated heterocycles. The van der Waals surface area contributed by atoms with Gasteiger partial charge < -0.3 is 9.30 Å². The minimum Gasteiger partial charge on any atom is -0.364 e. The second-order valence-corrected chi connectivity index (χ2v) is 7.69. The molecule has 1 unspecified atom stereocenters. The smallest absolute Gasteiger partial charge is 0.135 e. The average Bonchev–Trinajstić information content (AvgIpc) is 3.36. The summed E-state index contributed by atoms with van der Waals surface area (Å²) in [7, 11) is 0. The van der Waals surface area contributed by atoms with Crippen molar-refractivity contribution < 1.29 is 4.74 Å². The molecule has 6 heteroatoms. The number of thiophene rings is 1. The molecule has 2 aliphatic rings. The maximum Gasteiger partial charge on any atom is 0.135 e. The van der Waals surface area contributed by atoms with E-state index in [2.05, 4.69) is 48.4 Å². The lowest BCUT2D eigenvalue weighted by molar-refractivity contribution is -0.0821. The van der Waals surface area contributed by atoms with Crippen molar-refractivity contribution in [3.8, 4) is 11.3 Å². The topological polar surface area (TPSA) is 43.2 Å². The number of nitrogens with zero attached hydrogens (tertiary/aromatic N) is 4. The molecule has 5 rings (SSSR count). The zero-order valence-electron chi connectivity index (χ0n) is 14.0. The summed E-state index contributed by atoms with van der Waals surface area (Å²) < 4.78 is 8.67. The van der Waals surface area contributed by atoms with E-state index in [1.54, 1.807) is 11.3 Å². The van der Waals surface area contributed by atoms with Gasteiger partial charge in [-0.2, -0.15) is 11.3 Å². The van der Waals surface area contributed by atoms with Crippen molar-refractivity contribution in [1.82, 2.24) is 19.4 Å². The first-order valence-electron chi connectivity index (χ1n) is 8.65. The van der Waals surface area contributed by atoms with Gasteiger partial charge in [0.25, 0.3) is 0 Å². The Morgan fingerprint density at radius 1 is 1.20 bits per heavy atom. The van der Waals surface area contributed by atoms with Crippen LogP contribution in [-0.4, -0.2) is 38.1 Å². The summed E-state index contributed by atoms with van der Waals surface area (Å²) in [6, 6.07) is 8.27. The molecule has 128 valence electrons. The monoisotopic (exact) mass is 352 g/mol. The molecule has 0 radical (unpaired) electrons. The lowest BCUT2D eigenvalue weighted by Crippen LogP contribution is -2.44. The zero-order chi connectivity index (χ0) is 16.7. The van der Waals surface area contributed by atoms with E-state index in [9.17, 15) is 0 Å². The molecule has 3 aromatic rings. The third kappa shape index (κ3) is 2.80. The third-order valence-electron chi connectivity index (χ3n) is 5.22. The minimum atomic E-state index is -0.104. The molecular formula is C19H20N4OS. The lowest BCUT2D eigenvalue weighted by Gasteiger charge is -2.35. The minimum absolute atomic E-state index is 0.104. The number of likely N-dealkylation sites (tertiary alicyclic amines) is 1. The fourth-order valence-corrected chi connectivity index (χ4v) is 4.58. The quantitative estimate of drug-likeness (QED) is 0.726. The van der Waals surface area contributed by atoms with Crippen LogP contribution in [0.2, 0.25) is 0 Å². The summed E-state index contributed by atoms with van der Waals surface area (Å²) in [5, 5.41) is 4.31. The number of aromatic nitrogens is 3. The molecule has 1 fully saturated rings. The molecule has 0 N–H and O–H groups in total. The van der Waals surface area contributed by atoms with E-state index in [1.807, 2.05) is 18.5 Å². The summed E-state index contributed by atoms with van der Waals surface area (Å²) in [5.41, 5.74) is 3.48. The summed E-state index contributed by atoms with van der Waals surface area (Å²) in [6.45, 7) is 4.37. The molecule has 0 amide bonds. The van der Waals surface area contributed by atoms with Gasteiger partial charge in [-0.05, 0) is 30.0 Å². The van der Waals surface area contributed by atoms with Gasteiger partial charge in [-0.3, -0.25) is 9.88 Å². The highest BCUT2D eigenvalue weighted by molar-refractivity contribution is 7.08. The summed E-state index contributed by atoms with van der Waals surface area (Å²) in [6.07, 6.45) is 4.91. The van der Waals surface area contributed by atoms with Gasteiger partial charge in [-0.15, -0.1) is 0 Å². The van der Waals surface area contributed by atoms with E-state index in [0.29, 0.717) is 6.61 Å². The summed E-state index contributed by atoms with van der Waals surface area (Å²) >= 11 is 1.73. The fraction of sp³-hybridized carbons (Fsp3) is 0.368. The molecule has 2 aliphatic heterocycles. The van der Waals surface area contributed by atoms with Crippen molar-refractivity contribution in [3.05, 3.63) is 58.9 Å². The number of ether oxygens (including phenoxy) is 1. The number of rotatable bonds is 3. The van der Waals surface area contributed by atoms with Crippen molar-refractivity contribution in [2.24, 2.45) is 0 Å². The van der Waals surface area contributed by atoms with E-state index in [0.717, 1.165) is 44.1 Å². The number of fused-ring (bicyclic) bond motifs is 1. The Balaban J connectivity index is 1.36. The molecule has 1 atom stereocenters. The second kappa shape index (κ2) is 6.05. The number of hydrogen-bond donors (Lipinski definition) is 0. The fourth-order valence-electron chi connectivity index (χ4n) is 3.93. The molecular weight excluding hydrogens is 332 g/mol. The largest absolute Gasteiger partial charge is 0.364 e. The molecule has 0 aromatic carbocycles. The van der Waals surface area contributed by atoms with Crippen LogP contribution in [0.5, 0.6) is 0 Å². The molecule has 0 bridgehead atoms. The zero-order valence-corrected chi connectivity index (χ0v) is 14.8. The Labute approximate surface area is 150 Å². The molecule has 5 nitrogen and oxygen atoms in total. The van der Waals surface area contributed by atoms with E-state index < -0.39 is 0 Å². The molecule has 25 heavy (non-hydrogen) atoms. The predicted octanol–water partition coefficient (Wildman–Crippen LogP) is 3.18.